The summed E-state index contributed by atoms with van der Waals surface area (Å²) in [5, 5.41) is 4.58. The lowest BCUT2D eigenvalue weighted by Gasteiger charge is -2.37. The standard InChI is InChI=1S/C12H12F3NOS/c1-11(2)16-9(6-18)8-4-3-7(12(13,14)15)5-10(8)17-11/h3-6,9,16H,1-2H3. The molecule has 2 rings (SSSR count). The molecule has 0 bridgehead atoms. The van der Waals surface area contributed by atoms with E-state index in [9.17, 15) is 13.2 Å². The topological polar surface area (TPSA) is 21.3 Å². The van der Waals surface area contributed by atoms with E-state index in [1.165, 1.54) is 11.4 Å². The van der Waals surface area contributed by atoms with E-state index < -0.39 is 17.5 Å². The van der Waals surface area contributed by atoms with Crippen molar-refractivity contribution >= 4 is 17.6 Å². The highest BCUT2D eigenvalue weighted by Crippen LogP contribution is 2.38. The number of ether oxygens (including phenoxy) is 1. The maximum absolute atomic E-state index is 12.6. The second-order valence-corrected chi connectivity index (χ2v) is 4.89. The molecule has 98 valence electrons. The smallest absolute Gasteiger partial charge is 0.416 e. The molecule has 0 amide bonds. The highest BCUT2D eigenvalue weighted by Gasteiger charge is 2.36. The molecule has 0 fully saturated rings. The summed E-state index contributed by atoms with van der Waals surface area (Å²) in [5.74, 6) is 0.222. The van der Waals surface area contributed by atoms with E-state index >= 15 is 0 Å². The summed E-state index contributed by atoms with van der Waals surface area (Å²) in [6.45, 7) is 3.48. The Morgan fingerprint density at radius 3 is 2.61 bits per heavy atom. The number of fused-ring (bicyclic) bond motifs is 1. The van der Waals surface area contributed by atoms with Crippen molar-refractivity contribution in [2.75, 3.05) is 0 Å². The van der Waals surface area contributed by atoms with E-state index in [-0.39, 0.29) is 11.8 Å². The zero-order valence-corrected chi connectivity index (χ0v) is 10.7. The zero-order valence-electron chi connectivity index (χ0n) is 9.84. The van der Waals surface area contributed by atoms with E-state index in [0.29, 0.717) is 5.56 Å². The van der Waals surface area contributed by atoms with Gasteiger partial charge in [-0.2, -0.15) is 13.2 Å². The van der Waals surface area contributed by atoms with Crippen LogP contribution >= 0.6 is 12.2 Å². The largest absolute Gasteiger partial charge is 0.473 e. The maximum Gasteiger partial charge on any atom is 0.416 e. The highest BCUT2D eigenvalue weighted by molar-refractivity contribution is 7.79. The molecule has 0 radical (unpaired) electrons. The fourth-order valence-corrected chi connectivity index (χ4v) is 2.13. The van der Waals surface area contributed by atoms with Crippen molar-refractivity contribution in [1.82, 2.24) is 5.32 Å². The van der Waals surface area contributed by atoms with Gasteiger partial charge in [-0.3, -0.25) is 5.32 Å². The monoisotopic (exact) mass is 275 g/mol. The second-order valence-electron chi connectivity index (χ2n) is 4.62. The van der Waals surface area contributed by atoms with Gasteiger partial charge < -0.3 is 4.74 Å². The lowest BCUT2D eigenvalue weighted by atomic mass is 10.0. The normalized spacial score (nSPS) is 21.9. The van der Waals surface area contributed by atoms with Crippen LogP contribution in [0.25, 0.3) is 0 Å². The van der Waals surface area contributed by atoms with Gasteiger partial charge in [0.25, 0.3) is 0 Å². The number of halogens is 3. The van der Waals surface area contributed by atoms with Crippen molar-refractivity contribution in [3.63, 3.8) is 0 Å². The van der Waals surface area contributed by atoms with Crippen LogP contribution in [-0.4, -0.2) is 11.1 Å². The van der Waals surface area contributed by atoms with Gasteiger partial charge in [0.05, 0.1) is 11.6 Å². The summed E-state index contributed by atoms with van der Waals surface area (Å²) < 4.78 is 43.4. The minimum absolute atomic E-state index is 0.222. The SMILES string of the molecule is CC1(C)NC(C=S)c2ccc(C(F)(F)F)cc2O1. The van der Waals surface area contributed by atoms with Crippen LogP contribution < -0.4 is 10.1 Å². The molecule has 0 saturated carbocycles. The van der Waals surface area contributed by atoms with Gasteiger partial charge in [0.2, 0.25) is 0 Å². The van der Waals surface area contributed by atoms with Crippen LogP contribution in [0.15, 0.2) is 18.2 Å². The molecule has 1 atom stereocenters. The van der Waals surface area contributed by atoms with Crippen LogP contribution in [0.2, 0.25) is 0 Å². The van der Waals surface area contributed by atoms with Crippen LogP contribution in [0.1, 0.15) is 31.0 Å². The molecule has 0 aromatic heterocycles. The molecule has 0 spiro atoms. The van der Waals surface area contributed by atoms with Crippen molar-refractivity contribution in [2.45, 2.75) is 31.8 Å². The number of rotatable bonds is 1. The lowest BCUT2D eigenvalue weighted by Crippen LogP contribution is -2.50. The van der Waals surface area contributed by atoms with Gasteiger partial charge in [-0.05, 0) is 26.0 Å². The number of hydrogen-bond acceptors (Lipinski definition) is 3. The predicted octanol–water partition coefficient (Wildman–Crippen LogP) is 3.46. The Morgan fingerprint density at radius 2 is 2.06 bits per heavy atom. The van der Waals surface area contributed by atoms with Gasteiger partial charge >= 0.3 is 6.18 Å². The molecule has 2 nitrogen and oxygen atoms in total. The number of thiocarbonyl (C=S) groups is 1. The summed E-state index contributed by atoms with van der Waals surface area (Å²) in [6.07, 6.45) is -4.37. The first-order valence-corrected chi connectivity index (χ1v) is 5.83. The van der Waals surface area contributed by atoms with Crippen LogP contribution in [-0.2, 0) is 6.18 Å². The molecule has 0 saturated heterocycles. The van der Waals surface area contributed by atoms with Gasteiger partial charge in [-0.1, -0.05) is 18.3 Å². The number of hydrogen-bond donors (Lipinski definition) is 1. The van der Waals surface area contributed by atoms with Crippen LogP contribution in [0.3, 0.4) is 0 Å². The Morgan fingerprint density at radius 1 is 1.39 bits per heavy atom. The van der Waals surface area contributed by atoms with Crippen molar-refractivity contribution in [3.05, 3.63) is 29.3 Å². The first-order chi connectivity index (χ1) is 8.23. The van der Waals surface area contributed by atoms with E-state index in [0.717, 1.165) is 12.1 Å². The maximum atomic E-state index is 12.6. The molecule has 1 aliphatic rings. The van der Waals surface area contributed by atoms with Gasteiger partial charge in [0.15, 0.2) is 5.72 Å². The Labute approximate surface area is 108 Å². The average Bonchev–Trinajstić information content (AvgIpc) is 2.24. The predicted molar refractivity (Wildman–Crippen MR) is 65.7 cm³/mol. The Hall–Kier alpha value is -1.14. The Kier molecular flexibility index (Phi) is 3.11. The average molecular weight is 275 g/mol. The summed E-state index contributed by atoms with van der Waals surface area (Å²) in [5.41, 5.74) is -0.851. The summed E-state index contributed by atoms with van der Waals surface area (Å²) in [7, 11) is 0. The molecule has 1 aromatic rings. The van der Waals surface area contributed by atoms with E-state index in [1.54, 1.807) is 13.8 Å². The molecular weight excluding hydrogens is 263 g/mol. The molecule has 6 heteroatoms. The fourth-order valence-electron chi connectivity index (χ4n) is 1.92. The van der Waals surface area contributed by atoms with E-state index in [1.807, 2.05) is 0 Å². The van der Waals surface area contributed by atoms with Crippen LogP contribution in [0.4, 0.5) is 13.2 Å². The van der Waals surface area contributed by atoms with Gasteiger partial charge in [-0.25, -0.2) is 0 Å². The molecule has 1 N–H and O–H groups in total. The number of benzene rings is 1. The Bertz CT molecular complexity index is 485. The molecule has 1 aliphatic heterocycles. The van der Waals surface area contributed by atoms with Crippen molar-refractivity contribution in [3.8, 4) is 5.75 Å². The fraction of sp³-hybridized carbons (Fsp3) is 0.417. The molecule has 1 unspecified atom stereocenters. The Balaban J connectivity index is 2.49. The van der Waals surface area contributed by atoms with Crippen molar-refractivity contribution in [1.29, 1.82) is 0 Å². The highest BCUT2D eigenvalue weighted by atomic mass is 32.1. The van der Waals surface area contributed by atoms with Crippen LogP contribution in [0.5, 0.6) is 5.75 Å². The molecule has 18 heavy (non-hydrogen) atoms. The van der Waals surface area contributed by atoms with Crippen molar-refractivity contribution in [2.24, 2.45) is 0 Å². The molecule has 1 heterocycles. The minimum Gasteiger partial charge on any atom is -0.473 e. The molecule has 0 aliphatic carbocycles. The molecule has 1 aromatic carbocycles. The first kappa shape index (κ1) is 13.3. The van der Waals surface area contributed by atoms with Crippen molar-refractivity contribution < 1.29 is 17.9 Å². The third-order valence-corrected chi connectivity index (χ3v) is 2.95. The summed E-state index contributed by atoms with van der Waals surface area (Å²) in [4.78, 5) is 0. The summed E-state index contributed by atoms with van der Waals surface area (Å²) >= 11 is 4.89. The first-order valence-electron chi connectivity index (χ1n) is 5.36. The van der Waals surface area contributed by atoms with E-state index in [2.05, 4.69) is 5.32 Å². The molecular formula is C12H12F3NOS. The minimum atomic E-state index is -4.37. The van der Waals surface area contributed by atoms with Gasteiger partial charge in [0.1, 0.15) is 5.75 Å². The number of nitrogens with one attached hydrogen (secondary N) is 1. The zero-order chi connectivity index (χ0) is 13.6. The van der Waals surface area contributed by atoms with Crippen LogP contribution in [0, 0.1) is 0 Å². The van der Waals surface area contributed by atoms with E-state index in [4.69, 9.17) is 17.0 Å². The number of alkyl halides is 3. The van der Waals surface area contributed by atoms with Gasteiger partial charge in [-0.15, -0.1) is 0 Å². The lowest BCUT2D eigenvalue weighted by molar-refractivity contribution is -0.137. The van der Waals surface area contributed by atoms with Gasteiger partial charge in [0, 0.05) is 10.9 Å². The second kappa shape index (κ2) is 4.20. The third-order valence-electron chi connectivity index (χ3n) is 2.68. The summed E-state index contributed by atoms with van der Waals surface area (Å²) in [6, 6.07) is 3.16. The quantitative estimate of drug-likeness (QED) is 0.793. The third kappa shape index (κ3) is 2.49.